The van der Waals surface area contributed by atoms with Crippen LogP contribution in [0.4, 0.5) is 4.39 Å². The minimum absolute atomic E-state index is 0.0111. The zero-order valence-electron chi connectivity index (χ0n) is 11.7. The van der Waals surface area contributed by atoms with Gasteiger partial charge in [0.15, 0.2) is 0 Å². The lowest BCUT2D eigenvalue weighted by atomic mass is 10.0. The van der Waals surface area contributed by atoms with Crippen molar-refractivity contribution in [2.24, 2.45) is 0 Å². The highest BCUT2D eigenvalue weighted by Gasteiger charge is 2.14. The van der Waals surface area contributed by atoms with E-state index in [2.05, 4.69) is 10.4 Å². The first kappa shape index (κ1) is 13.5. The number of nitrogens with one attached hydrogen (secondary N) is 1. The van der Waals surface area contributed by atoms with Gasteiger partial charge in [0.05, 0.1) is 17.9 Å². The zero-order valence-corrected chi connectivity index (χ0v) is 11.7. The van der Waals surface area contributed by atoms with Crippen molar-refractivity contribution >= 4 is 0 Å². The maximum Gasteiger partial charge on any atom is 0.123 e. The molecular formula is C17H16FN3. The quantitative estimate of drug-likeness (QED) is 0.795. The fraction of sp³-hybridized carbons (Fsp3) is 0.118. The average Bonchev–Trinajstić information content (AvgIpc) is 3.00. The van der Waals surface area contributed by atoms with Crippen LogP contribution >= 0.6 is 0 Å². The van der Waals surface area contributed by atoms with E-state index >= 15 is 0 Å². The summed E-state index contributed by atoms with van der Waals surface area (Å²) >= 11 is 0. The maximum atomic E-state index is 13.0. The van der Waals surface area contributed by atoms with Crippen LogP contribution in [0.2, 0.25) is 0 Å². The highest BCUT2D eigenvalue weighted by atomic mass is 19.1. The number of aromatic nitrogens is 2. The van der Waals surface area contributed by atoms with Crippen molar-refractivity contribution in [1.82, 2.24) is 15.1 Å². The van der Waals surface area contributed by atoms with Gasteiger partial charge < -0.3 is 5.32 Å². The van der Waals surface area contributed by atoms with Gasteiger partial charge in [-0.2, -0.15) is 5.10 Å². The Labute approximate surface area is 123 Å². The molecule has 106 valence electrons. The van der Waals surface area contributed by atoms with Gasteiger partial charge in [-0.3, -0.25) is 0 Å². The van der Waals surface area contributed by atoms with Crippen molar-refractivity contribution in [2.75, 3.05) is 7.05 Å². The number of para-hydroxylation sites is 1. The summed E-state index contributed by atoms with van der Waals surface area (Å²) in [7, 11) is 1.88. The Balaban J connectivity index is 1.92. The van der Waals surface area contributed by atoms with E-state index in [-0.39, 0.29) is 11.9 Å². The summed E-state index contributed by atoms with van der Waals surface area (Å²) < 4.78 is 14.9. The predicted molar refractivity (Wildman–Crippen MR) is 80.9 cm³/mol. The third-order valence-electron chi connectivity index (χ3n) is 3.45. The normalized spacial score (nSPS) is 12.3. The molecule has 0 aliphatic carbocycles. The van der Waals surface area contributed by atoms with Gasteiger partial charge in [0.25, 0.3) is 0 Å². The van der Waals surface area contributed by atoms with E-state index in [4.69, 9.17) is 0 Å². The molecule has 1 unspecified atom stereocenters. The van der Waals surface area contributed by atoms with Gasteiger partial charge in [-0.1, -0.05) is 30.3 Å². The minimum atomic E-state index is -0.228. The predicted octanol–water partition coefficient (Wildman–Crippen LogP) is 3.32. The molecule has 3 rings (SSSR count). The summed E-state index contributed by atoms with van der Waals surface area (Å²) in [5, 5.41) is 7.64. The van der Waals surface area contributed by atoms with Crippen LogP contribution in [0.1, 0.15) is 17.2 Å². The Morgan fingerprint density at radius 2 is 1.71 bits per heavy atom. The van der Waals surface area contributed by atoms with Crippen molar-refractivity contribution in [3.8, 4) is 5.69 Å². The Morgan fingerprint density at radius 1 is 1.00 bits per heavy atom. The SMILES string of the molecule is CNC(c1ccc(F)cc1)c1cnn(-c2ccccc2)c1. The van der Waals surface area contributed by atoms with Crippen LogP contribution in [0.3, 0.4) is 0 Å². The van der Waals surface area contributed by atoms with E-state index in [0.29, 0.717) is 0 Å². The van der Waals surface area contributed by atoms with Gasteiger partial charge in [0, 0.05) is 11.8 Å². The Morgan fingerprint density at radius 3 is 2.38 bits per heavy atom. The lowest BCUT2D eigenvalue weighted by Crippen LogP contribution is -2.17. The van der Waals surface area contributed by atoms with E-state index in [0.717, 1.165) is 16.8 Å². The summed E-state index contributed by atoms with van der Waals surface area (Å²) in [6, 6.07) is 16.4. The van der Waals surface area contributed by atoms with Crippen molar-refractivity contribution in [2.45, 2.75) is 6.04 Å². The lowest BCUT2D eigenvalue weighted by Gasteiger charge is -2.14. The first-order valence-electron chi connectivity index (χ1n) is 6.80. The van der Waals surface area contributed by atoms with Crippen LogP contribution in [-0.2, 0) is 0 Å². The molecule has 0 aliphatic rings. The number of benzene rings is 2. The van der Waals surface area contributed by atoms with Gasteiger partial charge in [-0.15, -0.1) is 0 Å². The molecule has 2 aromatic carbocycles. The molecule has 1 heterocycles. The van der Waals surface area contributed by atoms with E-state index in [9.17, 15) is 4.39 Å². The van der Waals surface area contributed by atoms with Gasteiger partial charge in [0.2, 0.25) is 0 Å². The zero-order chi connectivity index (χ0) is 14.7. The average molecular weight is 281 g/mol. The molecule has 1 atom stereocenters. The molecule has 0 fully saturated rings. The van der Waals surface area contributed by atoms with Crippen LogP contribution in [-0.4, -0.2) is 16.8 Å². The minimum Gasteiger partial charge on any atom is -0.309 e. The fourth-order valence-corrected chi connectivity index (χ4v) is 2.39. The maximum absolute atomic E-state index is 13.0. The van der Waals surface area contributed by atoms with E-state index in [1.807, 2.05) is 54.5 Å². The second kappa shape index (κ2) is 5.89. The molecule has 4 heteroatoms. The molecule has 1 N–H and O–H groups in total. The van der Waals surface area contributed by atoms with Crippen LogP contribution < -0.4 is 5.32 Å². The van der Waals surface area contributed by atoms with E-state index < -0.39 is 0 Å². The topological polar surface area (TPSA) is 29.9 Å². The summed E-state index contributed by atoms with van der Waals surface area (Å²) in [5.74, 6) is -0.228. The van der Waals surface area contributed by atoms with Gasteiger partial charge in [0.1, 0.15) is 5.82 Å². The van der Waals surface area contributed by atoms with Gasteiger partial charge >= 0.3 is 0 Å². The molecule has 0 amide bonds. The molecule has 21 heavy (non-hydrogen) atoms. The molecule has 0 saturated carbocycles. The van der Waals surface area contributed by atoms with Crippen molar-refractivity contribution in [1.29, 1.82) is 0 Å². The summed E-state index contributed by atoms with van der Waals surface area (Å²) in [6.45, 7) is 0. The third kappa shape index (κ3) is 2.85. The van der Waals surface area contributed by atoms with Crippen LogP contribution in [0.5, 0.6) is 0 Å². The van der Waals surface area contributed by atoms with Gasteiger partial charge in [-0.25, -0.2) is 9.07 Å². The smallest absolute Gasteiger partial charge is 0.123 e. The van der Waals surface area contributed by atoms with Crippen LogP contribution in [0, 0.1) is 5.82 Å². The molecule has 1 aromatic heterocycles. The first-order valence-corrected chi connectivity index (χ1v) is 6.80. The summed E-state index contributed by atoms with van der Waals surface area (Å²) in [5.41, 5.74) is 3.05. The molecule has 0 spiro atoms. The molecule has 0 saturated heterocycles. The van der Waals surface area contributed by atoms with Crippen molar-refractivity contribution in [3.05, 3.63) is 83.9 Å². The van der Waals surface area contributed by atoms with E-state index in [1.165, 1.54) is 12.1 Å². The number of nitrogens with zero attached hydrogens (tertiary/aromatic N) is 2. The Bertz CT molecular complexity index is 704. The number of rotatable bonds is 4. The highest BCUT2D eigenvalue weighted by molar-refractivity contribution is 5.34. The molecule has 0 aliphatic heterocycles. The Kier molecular flexibility index (Phi) is 3.79. The summed E-state index contributed by atoms with van der Waals surface area (Å²) in [4.78, 5) is 0. The molecular weight excluding hydrogens is 265 g/mol. The highest BCUT2D eigenvalue weighted by Crippen LogP contribution is 2.22. The summed E-state index contributed by atoms with van der Waals surface area (Å²) in [6.07, 6.45) is 3.82. The molecule has 0 radical (unpaired) electrons. The molecule has 0 bridgehead atoms. The molecule has 3 aromatic rings. The lowest BCUT2D eigenvalue weighted by molar-refractivity contribution is 0.623. The number of hydrogen-bond donors (Lipinski definition) is 1. The van der Waals surface area contributed by atoms with Crippen molar-refractivity contribution in [3.63, 3.8) is 0 Å². The Hall–Kier alpha value is -2.46. The van der Waals surface area contributed by atoms with Gasteiger partial charge in [-0.05, 0) is 36.9 Å². The standard InChI is InChI=1S/C17H16FN3/c1-19-17(13-7-9-15(18)10-8-13)14-11-20-21(12-14)16-5-3-2-4-6-16/h2-12,17,19H,1H3. The largest absolute Gasteiger partial charge is 0.309 e. The fourth-order valence-electron chi connectivity index (χ4n) is 2.39. The van der Waals surface area contributed by atoms with Crippen LogP contribution in [0.15, 0.2) is 67.0 Å². The monoisotopic (exact) mass is 281 g/mol. The third-order valence-corrected chi connectivity index (χ3v) is 3.45. The number of halogens is 1. The number of hydrogen-bond acceptors (Lipinski definition) is 2. The second-order valence-electron chi connectivity index (χ2n) is 4.83. The second-order valence-corrected chi connectivity index (χ2v) is 4.83. The van der Waals surface area contributed by atoms with E-state index in [1.54, 1.807) is 12.1 Å². The van der Waals surface area contributed by atoms with Crippen molar-refractivity contribution < 1.29 is 4.39 Å². The molecule has 3 nitrogen and oxygen atoms in total. The first-order chi connectivity index (χ1) is 10.3. The van der Waals surface area contributed by atoms with Crippen LogP contribution in [0.25, 0.3) is 5.69 Å².